The highest BCUT2D eigenvalue weighted by molar-refractivity contribution is 7.09. The van der Waals surface area contributed by atoms with E-state index in [4.69, 9.17) is 0 Å². The average molecular weight is 263 g/mol. The first-order valence-electron chi connectivity index (χ1n) is 5.39. The van der Waals surface area contributed by atoms with Crippen molar-refractivity contribution in [2.75, 3.05) is 12.4 Å². The highest BCUT2D eigenvalue weighted by atomic mass is 32.1. The van der Waals surface area contributed by atoms with Gasteiger partial charge in [0.1, 0.15) is 5.82 Å². The summed E-state index contributed by atoms with van der Waals surface area (Å²) in [5.41, 5.74) is 0.721. The van der Waals surface area contributed by atoms with Crippen molar-refractivity contribution < 1.29 is 9.53 Å². The topological polar surface area (TPSA) is 64.1 Å². The second-order valence-corrected chi connectivity index (χ2v) is 4.67. The summed E-state index contributed by atoms with van der Waals surface area (Å²) in [5, 5.41) is 5.17. The standard InChI is InChI=1S/C12H13N3O2S/c1-8-6-10(13-7-9-4-3-5-18-9)15-11(14-8)12(16)17-2/h3-6H,7H2,1-2H3,(H,13,14,15). The lowest BCUT2D eigenvalue weighted by atomic mass is 10.4. The van der Waals surface area contributed by atoms with Crippen molar-refractivity contribution in [2.24, 2.45) is 0 Å². The maximum absolute atomic E-state index is 11.4. The van der Waals surface area contributed by atoms with Crippen molar-refractivity contribution in [3.05, 3.63) is 40.0 Å². The van der Waals surface area contributed by atoms with Crippen LogP contribution in [-0.2, 0) is 11.3 Å². The molecule has 2 aromatic rings. The number of carbonyl (C=O) groups excluding carboxylic acids is 1. The van der Waals surface area contributed by atoms with Gasteiger partial charge < -0.3 is 10.1 Å². The van der Waals surface area contributed by atoms with Gasteiger partial charge in [-0.15, -0.1) is 11.3 Å². The second kappa shape index (κ2) is 5.59. The molecule has 0 aliphatic heterocycles. The molecule has 1 N–H and O–H groups in total. The summed E-state index contributed by atoms with van der Waals surface area (Å²) in [6.45, 7) is 2.49. The van der Waals surface area contributed by atoms with Gasteiger partial charge in [-0.3, -0.25) is 0 Å². The molecule has 94 valence electrons. The van der Waals surface area contributed by atoms with Crippen LogP contribution < -0.4 is 5.32 Å². The van der Waals surface area contributed by atoms with Crippen LogP contribution in [0.25, 0.3) is 0 Å². The minimum absolute atomic E-state index is 0.0752. The fourth-order valence-corrected chi connectivity index (χ4v) is 2.08. The molecule has 0 fully saturated rings. The van der Waals surface area contributed by atoms with E-state index in [2.05, 4.69) is 20.0 Å². The van der Waals surface area contributed by atoms with Crippen LogP contribution in [-0.4, -0.2) is 23.0 Å². The fraction of sp³-hybridized carbons (Fsp3) is 0.250. The normalized spacial score (nSPS) is 10.1. The van der Waals surface area contributed by atoms with Gasteiger partial charge in [0, 0.05) is 16.6 Å². The van der Waals surface area contributed by atoms with Crippen molar-refractivity contribution in [1.29, 1.82) is 0 Å². The lowest BCUT2D eigenvalue weighted by Gasteiger charge is -2.06. The minimum Gasteiger partial charge on any atom is -0.463 e. The predicted molar refractivity (Wildman–Crippen MR) is 69.8 cm³/mol. The van der Waals surface area contributed by atoms with Gasteiger partial charge in [0.25, 0.3) is 0 Å². The third-order valence-electron chi connectivity index (χ3n) is 2.25. The molecular weight excluding hydrogens is 250 g/mol. The van der Waals surface area contributed by atoms with E-state index >= 15 is 0 Å². The number of nitrogens with zero attached hydrogens (tertiary/aromatic N) is 2. The Morgan fingerprint density at radius 1 is 1.50 bits per heavy atom. The lowest BCUT2D eigenvalue weighted by Crippen LogP contribution is -2.11. The van der Waals surface area contributed by atoms with Crippen LogP contribution in [0.3, 0.4) is 0 Å². The number of aryl methyl sites for hydroxylation is 1. The van der Waals surface area contributed by atoms with E-state index in [0.717, 1.165) is 5.69 Å². The summed E-state index contributed by atoms with van der Waals surface area (Å²) < 4.78 is 4.61. The van der Waals surface area contributed by atoms with E-state index in [1.165, 1.54) is 12.0 Å². The van der Waals surface area contributed by atoms with Gasteiger partial charge in [0.15, 0.2) is 0 Å². The zero-order chi connectivity index (χ0) is 13.0. The lowest BCUT2D eigenvalue weighted by molar-refractivity contribution is 0.0586. The maximum atomic E-state index is 11.4. The van der Waals surface area contributed by atoms with Gasteiger partial charge >= 0.3 is 5.97 Å². The summed E-state index contributed by atoms with van der Waals surface area (Å²) in [6.07, 6.45) is 0. The van der Waals surface area contributed by atoms with Gasteiger partial charge in [-0.25, -0.2) is 14.8 Å². The Labute approximate surface area is 109 Å². The largest absolute Gasteiger partial charge is 0.463 e. The first kappa shape index (κ1) is 12.5. The molecule has 0 aromatic carbocycles. The molecule has 6 heteroatoms. The zero-order valence-electron chi connectivity index (χ0n) is 10.1. The average Bonchev–Trinajstić information content (AvgIpc) is 2.88. The van der Waals surface area contributed by atoms with E-state index in [-0.39, 0.29) is 5.82 Å². The second-order valence-electron chi connectivity index (χ2n) is 3.64. The summed E-state index contributed by atoms with van der Waals surface area (Å²) in [4.78, 5) is 20.7. The Morgan fingerprint density at radius 3 is 3.00 bits per heavy atom. The molecule has 0 saturated heterocycles. The Hall–Kier alpha value is -1.95. The number of hydrogen-bond acceptors (Lipinski definition) is 6. The van der Waals surface area contributed by atoms with Crippen LogP contribution in [0, 0.1) is 6.92 Å². The molecule has 0 unspecified atom stereocenters. The molecule has 0 atom stereocenters. The molecule has 0 bridgehead atoms. The number of rotatable bonds is 4. The molecule has 2 aromatic heterocycles. The number of carbonyl (C=O) groups is 1. The first-order valence-corrected chi connectivity index (χ1v) is 6.27. The van der Waals surface area contributed by atoms with Gasteiger partial charge in [-0.2, -0.15) is 0 Å². The van der Waals surface area contributed by atoms with Gasteiger partial charge in [0.2, 0.25) is 5.82 Å². The van der Waals surface area contributed by atoms with E-state index in [1.54, 1.807) is 17.4 Å². The van der Waals surface area contributed by atoms with Gasteiger partial charge in [-0.05, 0) is 18.4 Å². The first-order chi connectivity index (χ1) is 8.69. The van der Waals surface area contributed by atoms with Crippen molar-refractivity contribution >= 4 is 23.1 Å². The fourth-order valence-electron chi connectivity index (χ4n) is 1.43. The number of esters is 1. The SMILES string of the molecule is COC(=O)c1nc(C)cc(NCc2cccs2)n1. The monoisotopic (exact) mass is 263 g/mol. The number of thiophene rings is 1. The Kier molecular flexibility index (Phi) is 3.88. The van der Waals surface area contributed by atoms with Crippen LogP contribution in [0.2, 0.25) is 0 Å². The number of methoxy groups -OCH3 is 1. The van der Waals surface area contributed by atoms with Crippen LogP contribution in [0.1, 0.15) is 21.2 Å². The van der Waals surface area contributed by atoms with Crippen molar-refractivity contribution in [1.82, 2.24) is 9.97 Å². The Balaban J connectivity index is 2.12. The number of aromatic nitrogens is 2. The van der Waals surface area contributed by atoms with Gasteiger partial charge in [-0.1, -0.05) is 6.07 Å². The highest BCUT2D eigenvalue weighted by Crippen LogP contribution is 2.12. The molecule has 0 spiro atoms. The molecule has 0 radical (unpaired) electrons. The number of hydrogen-bond donors (Lipinski definition) is 1. The van der Waals surface area contributed by atoms with Crippen LogP contribution in [0.15, 0.2) is 23.6 Å². The molecule has 0 saturated carbocycles. The summed E-state index contributed by atoms with van der Waals surface area (Å²) >= 11 is 1.66. The molecule has 18 heavy (non-hydrogen) atoms. The number of nitrogens with one attached hydrogen (secondary N) is 1. The van der Waals surface area contributed by atoms with Gasteiger partial charge in [0.05, 0.1) is 13.7 Å². The third kappa shape index (κ3) is 3.04. The molecule has 0 aliphatic carbocycles. The van der Waals surface area contributed by atoms with Crippen molar-refractivity contribution in [2.45, 2.75) is 13.5 Å². The van der Waals surface area contributed by atoms with Crippen molar-refractivity contribution in [3.8, 4) is 0 Å². The molecule has 2 heterocycles. The van der Waals surface area contributed by atoms with E-state index in [1.807, 2.05) is 24.4 Å². The van der Waals surface area contributed by atoms with Crippen molar-refractivity contribution in [3.63, 3.8) is 0 Å². The van der Waals surface area contributed by atoms with Crippen LogP contribution in [0.5, 0.6) is 0 Å². The van der Waals surface area contributed by atoms with Crippen LogP contribution >= 0.6 is 11.3 Å². The molecule has 0 aliphatic rings. The predicted octanol–water partition coefficient (Wildman–Crippen LogP) is 2.25. The van der Waals surface area contributed by atoms with E-state index in [0.29, 0.717) is 12.4 Å². The molecular formula is C12H13N3O2S. The third-order valence-corrected chi connectivity index (χ3v) is 3.12. The molecule has 0 amide bonds. The molecule has 5 nitrogen and oxygen atoms in total. The quantitative estimate of drug-likeness (QED) is 0.857. The summed E-state index contributed by atoms with van der Waals surface area (Å²) in [7, 11) is 1.31. The smallest absolute Gasteiger partial charge is 0.376 e. The van der Waals surface area contributed by atoms with E-state index in [9.17, 15) is 4.79 Å². The Bertz CT molecular complexity index is 540. The highest BCUT2D eigenvalue weighted by Gasteiger charge is 2.11. The van der Waals surface area contributed by atoms with Crippen LogP contribution in [0.4, 0.5) is 5.82 Å². The zero-order valence-corrected chi connectivity index (χ0v) is 11.0. The minimum atomic E-state index is -0.530. The number of ether oxygens (including phenoxy) is 1. The molecule has 2 rings (SSSR count). The summed E-state index contributed by atoms with van der Waals surface area (Å²) in [6, 6.07) is 5.82. The van der Waals surface area contributed by atoms with E-state index < -0.39 is 5.97 Å². The maximum Gasteiger partial charge on any atom is 0.376 e. The Morgan fingerprint density at radius 2 is 2.33 bits per heavy atom. The summed E-state index contributed by atoms with van der Waals surface area (Å²) in [5.74, 6) is 0.167. The number of anilines is 1.